The maximum absolute atomic E-state index is 14.6. The first kappa shape index (κ1) is 24.5. The predicted octanol–water partition coefficient (Wildman–Crippen LogP) is 4.52. The Bertz CT molecular complexity index is 1180. The maximum Gasteiger partial charge on any atom is 0.410 e. The highest BCUT2D eigenvalue weighted by molar-refractivity contribution is 5.97. The van der Waals surface area contributed by atoms with Crippen molar-refractivity contribution in [3.05, 3.63) is 66.4 Å². The monoisotopic (exact) mass is 481 g/mol. The van der Waals surface area contributed by atoms with Crippen LogP contribution in [0.3, 0.4) is 0 Å². The SMILES string of the molecule is CN(CC1CCCN(C(=O)c2cnn(-c3ccccc3F)c2-n2cccc2)C1)C(=O)OC(C)(C)C. The smallest absolute Gasteiger partial charge is 0.410 e. The second-order valence-corrected chi connectivity index (χ2v) is 9.96. The number of ether oxygens (including phenoxy) is 1. The molecular weight excluding hydrogens is 449 g/mol. The number of rotatable bonds is 5. The Kier molecular flexibility index (Phi) is 6.95. The summed E-state index contributed by atoms with van der Waals surface area (Å²) < 4.78 is 23.3. The molecule has 1 saturated heterocycles. The molecule has 2 aromatic heterocycles. The second-order valence-electron chi connectivity index (χ2n) is 9.96. The fraction of sp³-hybridized carbons (Fsp3) is 0.423. The third kappa shape index (κ3) is 5.55. The Morgan fingerprint density at radius 3 is 2.57 bits per heavy atom. The highest BCUT2D eigenvalue weighted by Crippen LogP contribution is 2.25. The van der Waals surface area contributed by atoms with E-state index in [1.165, 1.54) is 16.9 Å². The van der Waals surface area contributed by atoms with Crippen LogP contribution < -0.4 is 0 Å². The van der Waals surface area contributed by atoms with Gasteiger partial charge in [-0.2, -0.15) is 5.10 Å². The molecule has 1 aromatic carbocycles. The molecule has 8 nitrogen and oxygen atoms in total. The highest BCUT2D eigenvalue weighted by atomic mass is 19.1. The number of aromatic nitrogens is 3. The molecule has 0 N–H and O–H groups in total. The zero-order valence-electron chi connectivity index (χ0n) is 20.6. The molecule has 35 heavy (non-hydrogen) atoms. The lowest BCUT2D eigenvalue weighted by Crippen LogP contribution is -2.45. The lowest BCUT2D eigenvalue weighted by molar-refractivity contribution is 0.0244. The molecule has 1 fully saturated rings. The van der Waals surface area contributed by atoms with Gasteiger partial charge >= 0.3 is 6.09 Å². The summed E-state index contributed by atoms with van der Waals surface area (Å²) in [6.45, 7) is 7.14. The van der Waals surface area contributed by atoms with Crippen LogP contribution in [0.5, 0.6) is 0 Å². The molecule has 4 rings (SSSR count). The van der Waals surface area contributed by atoms with Gasteiger partial charge in [0.2, 0.25) is 0 Å². The minimum Gasteiger partial charge on any atom is -0.444 e. The number of para-hydroxylation sites is 1. The Hall–Kier alpha value is -3.62. The quantitative estimate of drug-likeness (QED) is 0.537. The summed E-state index contributed by atoms with van der Waals surface area (Å²) in [5, 5.41) is 4.38. The van der Waals surface area contributed by atoms with E-state index in [1.54, 1.807) is 52.0 Å². The molecular formula is C26H32FN5O3. The number of benzene rings is 1. The molecule has 2 amide bonds. The second kappa shape index (κ2) is 9.93. The normalized spacial score (nSPS) is 16.3. The molecule has 0 bridgehead atoms. The van der Waals surface area contributed by atoms with Crippen LogP contribution >= 0.6 is 0 Å². The summed E-state index contributed by atoms with van der Waals surface area (Å²) in [5.41, 5.74) is 0.101. The van der Waals surface area contributed by atoms with Crippen LogP contribution in [0.1, 0.15) is 44.0 Å². The van der Waals surface area contributed by atoms with Crippen molar-refractivity contribution in [3.8, 4) is 11.5 Å². The zero-order chi connectivity index (χ0) is 25.2. The molecule has 186 valence electrons. The molecule has 3 heterocycles. The Morgan fingerprint density at radius 1 is 1.17 bits per heavy atom. The largest absolute Gasteiger partial charge is 0.444 e. The van der Waals surface area contributed by atoms with E-state index >= 15 is 0 Å². The summed E-state index contributed by atoms with van der Waals surface area (Å²) >= 11 is 0. The fourth-order valence-corrected chi connectivity index (χ4v) is 4.39. The summed E-state index contributed by atoms with van der Waals surface area (Å²) in [6.07, 6.45) is 6.48. The van der Waals surface area contributed by atoms with Crippen molar-refractivity contribution in [1.29, 1.82) is 0 Å². The predicted molar refractivity (Wildman–Crippen MR) is 130 cm³/mol. The van der Waals surface area contributed by atoms with Crippen LogP contribution in [0, 0.1) is 11.7 Å². The van der Waals surface area contributed by atoms with Gasteiger partial charge in [0.15, 0.2) is 5.82 Å². The maximum atomic E-state index is 14.6. The van der Waals surface area contributed by atoms with Crippen LogP contribution in [-0.2, 0) is 4.74 Å². The minimum absolute atomic E-state index is 0.127. The van der Waals surface area contributed by atoms with Crippen LogP contribution in [0.2, 0.25) is 0 Å². The van der Waals surface area contributed by atoms with Gasteiger partial charge in [-0.15, -0.1) is 0 Å². The van der Waals surface area contributed by atoms with Gasteiger partial charge in [0, 0.05) is 39.1 Å². The first-order valence-electron chi connectivity index (χ1n) is 11.8. The number of nitrogens with zero attached hydrogens (tertiary/aromatic N) is 5. The summed E-state index contributed by atoms with van der Waals surface area (Å²) in [4.78, 5) is 29.4. The Morgan fingerprint density at radius 2 is 1.89 bits per heavy atom. The third-order valence-corrected chi connectivity index (χ3v) is 5.95. The van der Waals surface area contributed by atoms with Gasteiger partial charge in [-0.25, -0.2) is 13.9 Å². The van der Waals surface area contributed by atoms with E-state index < -0.39 is 11.4 Å². The van der Waals surface area contributed by atoms with Gasteiger partial charge in [0.1, 0.15) is 22.7 Å². The van der Waals surface area contributed by atoms with Crippen molar-refractivity contribution in [2.24, 2.45) is 5.92 Å². The number of piperidine rings is 1. The molecule has 1 atom stereocenters. The lowest BCUT2D eigenvalue weighted by atomic mass is 9.97. The van der Waals surface area contributed by atoms with E-state index in [-0.39, 0.29) is 23.6 Å². The average molecular weight is 482 g/mol. The van der Waals surface area contributed by atoms with E-state index in [0.29, 0.717) is 31.0 Å². The molecule has 1 aliphatic rings. The van der Waals surface area contributed by atoms with Crippen molar-refractivity contribution in [1.82, 2.24) is 24.1 Å². The van der Waals surface area contributed by atoms with E-state index in [0.717, 1.165) is 12.8 Å². The Balaban J connectivity index is 1.55. The summed E-state index contributed by atoms with van der Waals surface area (Å²) in [6, 6.07) is 10.0. The van der Waals surface area contributed by atoms with Gasteiger partial charge < -0.3 is 19.1 Å². The van der Waals surface area contributed by atoms with Gasteiger partial charge in [-0.05, 0) is 63.8 Å². The number of hydrogen-bond donors (Lipinski definition) is 0. The van der Waals surface area contributed by atoms with E-state index in [4.69, 9.17) is 4.74 Å². The first-order valence-corrected chi connectivity index (χ1v) is 11.8. The number of amides is 2. The summed E-state index contributed by atoms with van der Waals surface area (Å²) in [5.74, 6) is 0.0205. The minimum atomic E-state index is -0.562. The number of halogens is 1. The van der Waals surface area contributed by atoms with Crippen LogP contribution in [0.15, 0.2) is 55.0 Å². The van der Waals surface area contributed by atoms with E-state index in [2.05, 4.69) is 5.10 Å². The van der Waals surface area contributed by atoms with Crippen LogP contribution in [-0.4, -0.2) is 68.4 Å². The summed E-state index contributed by atoms with van der Waals surface area (Å²) in [7, 11) is 1.72. The third-order valence-electron chi connectivity index (χ3n) is 5.95. The molecule has 0 spiro atoms. The van der Waals surface area contributed by atoms with Crippen molar-refractivity contribution in [2.75, 3.05) is 26.7 Å². The van der Waals surface area contributed by atoms with E-state index in [9.17, 15) is 14.0 Å². The zero-order valence-corrected chi connectivity index (χ0v) is 20.6. The molecule has 0 radical (unpaired) electrons. The fourth-order valence-electron chi connectivity index (χ4n) is 4.39. The molecule has 3 aromatic rings. The van der Waals surface area contributed by atoms with Crippen molar-refractivity contribution in [2.45, 2.75) is 39.2 Å². The van der Waals surface area contributed by atoms with Gasteiger partial charge in [-0.3, -0.25) is 4.79 Å². The van der Waals surface area contributed by atoms with Gasteiger partial charge in [-0.1, -0.05) is 12.1 Å². The van der Waals surface area contributed by atoms with Crippen molar-refractivity contribution >= 4 is 12.0 Å². The molecule has 0 saturated carbocycles. The first-order chi connectivity index (χ1) is 16.6. The van der Waals surface area contributed by atoms with Gasteiger partial charge in [0.25, 0.3) is 5.91 Å². The molecule has 9 heteroatoms. The van der Waals surface area contributed by atoms with Crippen LogP contribution in [0.25, 0.3) is 11.5 Å². The number of likely N-dealkylation sites (tertiary alicyclic amines) is 1. The molecule has 1 aliphatic heterocycles. The number of hydrogen-bond acceptors (Lipinski definition) is 4. The van der Waals surface area contributed by atoms with Gasteiger partial charge in [0.05, 0.1) is 6.20 Å². The number of carbonyl (C=O) groups excluding carboxylic acids is 2. The highest BCUT2D eigenvalue weighted by Gasteiger charge is 2.30. The topological polar surface area (TPSA) is 72.6 Å². The lowest BCUT2D eigenvalue weighted by Gasteiger charge is -2.35. The number of carbonyl (C=O) groups is 2. The molecule has 0 aliphatic carbocycles. The van der Waals surface area contributed by atoms with Crippen molar-refractivity contribution < 1.29 is 18.7 Å². The van der Waals surface area contributed by atoms with Crippen molar-refractivity contribution in [3.63, 3.8) is 0 Å². The average Bonchev–Trinajstić information content (AvgIpc) is 3.48. The Labute approximate surface area is 204 Å². The molecule has 1 unspecified atom stereocenters. The van der Waals surface area contributed by atoms with E-state index in [1.807, 2.05) is 32.9 Å². The van der Waals surface area contributed by atoms with Crippen LogP contribution in [0.4, 0.5) is 9.18 Å². The standard InChI is InChI=1S/C26H32FN5O3/c1-26(2,3)35-25(34)29(4)17-19-10-9-15-31(18-19)24(33)20-16-28-32(22-12-6-5-11-21(22)27)23(20)30-13-7-8-14-30/h5-8,11-14,16,19H,9-10,15,17-18H2,1-4H3.